The van der Waals surface area contributed by atoms with Crippen molar-refractivity contribution in [1.82, 2.24) is 4.90 Å². The molecule has 0 aromatic heterocycles. The van der Waals surface area contributed by atoms with Crippen LogP contribution >= 0.6 is 0 Å². The number of benzene rings is 2. The van der Waals surface area contributed by atoms with Crippen LogP contribution in [0.2, 0.25) is 0 Å². The van der Waals surface area contributed by atoms with Crippen molar-refractivity contribution in [3.63, 3.8) is 0 Å². The molecule has 1 atom stereocenters. The third-order valence-corrected chi connectivity index (χ3v) is 5.33. The number of hydrogen-bond acceptors (Lipinski definition) is 6. The van der Waals surface area contributed by atoms with E-state index in [-0.39, 0.29) is 5.91 Å². The fourth-order valence-electron chi connectivity index (χ4n) is 3.69. The normalized spacial score (nSPS) is 14.7. The summed E-state index contributed by atoms with van der Waals surface area (Å²) < 4.78 is 21.6. The lowest BCUT2D eigenvalue weighted by molar-refractivity contribution is -0.157. The zero-order valence-electron chi connectivity index (χ0n) is 18.7. The maximum Gasteiger partial charge on any atom is 0.331 e. The molecule has 1 heterocycles. The molecule has 3 rings (SSSR count). The Labute approximate surface area is 188 Å². The highest BCUT2D eigenvalue weighted by molar-refractivity contribution is 5.91. The molecule has 1 saturated heterocycles. The first-order valence-electron chi connectivity index (χ1n) is 10.6. The summed E-state index contributed by atoms with van der Waals surface area (Å²) in [6.45, 7) is 1.36. The molecule has 7 nitrogen and oxygen atoms in total. The fourth-order valence-corrected chi connectivity index (χ4v) is 3.69. The Morgan fingerprint density at radius 3 is 2.09 bits per heavy atom. The fraction of sp³-hybridized carbons (Fsp3) is 0.360. The van der Waals surface area contributed by atoms with E-state index in [1.54, 1.807) is 35.2 Å². The van der Waals surface area contributed by atoms with Gasteiger partial charge in [0, 0.05) is 24.7 Å². The van der Waals surface area contributed by atoms with Crippen LogP contribution in [-0.2, 0) is 14.3 Å². The van der Waals surface area contributed by atoms with Gasteiger partial charge in [0.15, 0.2) is 11.5 Å². The van der Waals surface area contributed by atoms with Gasteiger partial charge in [-0.2, -0.15) is 0 Å². The molecule has 1 aliphatic rings. The highest BCUT2D eigenvalue weighted by Gasteiger charge is 2.29. The lowest BCUT2D eigenvalue weighted by atomic mass is 10.1. The number of piperidine rings is 1. The standard InChI is InChI=1S/C25H29NO6/c1-29-20-16-18(17-21(30-2)24(20)31-3)12-13-22(27)32-23(19-10-6-4-7-11-19)25(28)26-14-8-5-9-15-26/h4,6-7,10-13,16-17,23H,5,8-9,14-15H2,1-3H3/b13-12+. The Bertz CT molecular complexity index is 925. The van der Waals surface area contributed by atoms with Crippen molar-refractivity contribution >= 4 is 18.0 Å². The van der Waals surface area contributed by atoms with E-state index in [1.807, 2.05) is 18.2 Å². The molecule has 2 aromatic rings. The molecule has 32 heavy (non-hydrogen) atoms. The lowest BCUT2D eigenvalue weighted by Crippen LogP contribution is -2.40. The lowest BCUT2D eigenvalue weighted by Gasteiger charge is -2.30. The second-order valence-electron chi connectivity index (χ2n) is 7.41. The molecule has 0 radical (unpaired) electrons. The van der Waals surface area contributed by atoms with Crippen molar-refractivity contribution in [3.05, 3.63) is 59.7 Å². The number of methoxy groups -OCH3 is 3. The van der Waals surface area contributed by atoms with E-state index in [0.29, 0.717) is 41.5 Å². The average molecular weight is 440 g/mol. The Morgan fingerprint density at radius 1 is 0.906 bits per heavy atom. The van der Waals surface area contributed by atoms with Crippen molar-refractivity contribution in [2.75, 3.05) is 34.4 Å². The molecule has 0 aliphatic carbocycles. The molecule has 1 fully saturated rings. The van der Waals surface area contributed by atoms with Crippen LogP contribution in [0, 0.1) is 0 Å². The van der Waals surface area contributed by atoms with Crippen LogP contribution < -0.4 is 14.2 Å². The Hall–Kier alpha value is -3.48. The first kappa shape index (κ1) is 23.2. The van der Waals surface area contributed by atoms with Crippen LogP contribution in [0.3, 0.4) is 0 Å². The van der Waals surface area contributed by atoms with Crippen molar-refractivity contribution in [2.24, 2.45) is 0 Å². The maximum absolute atomic E-state index is 13.1. The quantitative estimate of drug-likeness (QED) is 0.457. The topological polar surface area (TPSA) is 74.3 Å². The second kappa shape index (κ2) is 11.2. The third-order valence-electron chi connectivity index (χ3n) is 5.33. The van der Waals surface area contributed by atoms with Crippen LogP contribution in [0.1, 0.15) is 36.5 Å². The summed E-state index contributed by atoms with van der Waals surface area (Å²) in [6.07, 6.45) is 4.92. The van der Waals surface area contributed by atoms with Gasteiger partial charge < -0.3 is 23.8 Å². The van der Waals surface area contributed by atoms with Crippen molar-refractivity contribution in [1.29, 1.82) is 0 Å². The van der Waals surface area contributed by atoms with Crippen LogP contribution in [0.25, 0.3) is 6.08 Å². The number of nitrogens with zero attached hydrogens (tertiary/aromatic N) is 1. The largest absolute Gasteiger partial charge is 0.493 e. The first-order valence-corrected chi connectivity index (χ1v) is 10.6. The molecule has 1 amide bonds. The summed E-state index contributed by atoms with van der Waals surface area (Å²) in [4.78, 5) is 27.6. The number of rotatable bonds is 8. The second-order valence-corrected chi connectivity index (χ2v) is 7.41. The van der Waals surface area contributed by atoms with E-state index < -0.39 is 12.1 Å². The molecular weight excluding hydrogens is 410 g/mol. The van der Waals surface area contributed by atoms with E-state index in [4.69, 9.17) is 18.9 Å². The Morgan fingerprint density at radius 2 is 1.53 bits per heavy atom. The smallest absolute Gasteiger partial charge is 0.331 e. The number of hydrogen-bond donors (Lipinski definition) is 0. The minimum Gasteiger partial charge on any atom is -0.493 e. The number of carbonyl (C=O) groups is 2. The summed E-state index contributed by atoms with van der Waals surface area (Å²) in [7, 11) is 4.57. The molecule has 170 valence electrons. The van der Waals surface area contributed by atoms with Crippen molar-refractivity contribution < 1.29 is 28.5 Å². The van der Waals surface area contributed by atoms with Crippen LogP contribution in [0.4, 0.5) is 0 Å². The van der Waals surface area contributed by atoms with Gasteiger partial charge in [0.05, 0.1) is 21.3 Å². The van der Waals surface area contributed by atoms with E-state index in [1.165, 1.54) is 27.4 Å². The van der Waals surface area contributed by atoms with Crippen LogP contribution in [0.5, 0.6) is 17.2 Å². The number of esters is 1. The third kappa shape index (κ3) is 5.60. The molecule has 1 aliphatic heterocycles. The summed E-state index contributed by atoms with van der Waals surface area (Å²) in [5.41, 5.74) is 1.31. The average Bonchev–Trinajstić information content (AvgIpc) is 2.85. The zero-order chi connectivity index (χ0) is 22.9. The van der Waals surface area contributed by atoms with Gasteiger partial charge >= 0.3 is 5.97 Å². The van der Waals surface area contributed by atoms with E-state index >= 15 is 0 Å². The van der Waals surface area contributed by atoms with Gasteiger partial charge in [-0.05, 0) is 43.0 Å². The van der Waals surface area contributed by atoms with Gasteiger partial charge in [-0.15, -0.1) is 0 Å². The number of carbonyl (C=O) groups excluding carboxylic acids is 2. The maximum atomic E-state index is 13.1. The summed E-state index contributed by atoms with van der Waals surface area (Å²) in [6, 6.07) is 12.5. The minimum absolute atomic E-state index is 0.189. The number of ether oxygens (including phenoxy) is 4. The molecule has 0 saturated carbocycles. The number of amides is 1. The number of likely N-dealkylation sites (tertiary alicyclic amines) is 1. The van der Waals surface area contributed by atoms with E-state index in [2.05, 4.69) is 0 Å². The van der Waals surface area contributed by atoms with Crippen LogP contribution in [-0.4, -0.2) is 51.2 Å². The Kier molecular flexibility index (Phi) is 8.14. The predicted octanol–water partition coefficient (Wildman–Crippen LogP) is 4.02. The SMILES string of the molecule is COc1cc(/C=C/C(=O)OC(C(=O)N2CCCCC2)c2ccccc2)cc(OC)c1OC. The minimum atomic E-state index is -0.980. The van der Waals surface area contributed by atoms with Gasteiger partial charge in [0.25, 0.3) is 5.91 Å². The molecule has 7 heteroatoms. The van der Waals surface area contributed by atoms with E-state index in [0.717, 1.165) is 19.3 Å². The molecule has 1 unspecified atom stereocenters. The summed E-state index contributed by atoms with van der Waals surface area (Å²) in [5.74, 6) is 0.610. The van der Waals surface area contributed by atoms with Gasteiger partial charge in [-0.25, -0.2) is 4.79 Å². The van der Waals surface area contributed by atoms with Crippen LogP contribution in [0.15, 0.2) is 48.5 Å². The molecule has 0 bridgehead atoms. The zero-order valence-corrected chi connectivity index (χ0v) is 18.7. The van der Waals surface area contributed by atoms with Gasteiger partial charge in [0.1, 0.15) is 0 Å². The van der Waals surface area contributed by atoms with Gasteiger partial charge in [-0.1, -0.05) is 30.3 Å². The molecular formula is C25H29NO6. The first-order chi connectivity index (χ1) is 15.6. The molecule has 2 aromatic carbocycles. The highest BCUT2D eigenvalue weighted by atomic mass is 16.5. The predicted molar refractivity (Wildman–Crippen MR) is 121 cm³/mol. The monoisotopic (exact) mass is 439 g/mol. The van der Waals surface area contributed by atoms with E-state index in [9.17, 15) is 9.59 Å². The van der Waals surface area contributed by atoms with Crippen molar-refractivity contribution in [3.8, 4) is 17.2 Å². The van der Waals surface area contributed by atoms with Gasteiger partial charge in [-0.3, -0.25) is 4.79 Å². The highest BCUT2D eigenvalue weighted by Crippen LogP contribution is 2.38. The van der Waals surface area contributed by atoms with Gasteiger partial charge in [0.2, 0.25) is 11.9 Å². The summed E-state index contributed by atoms with van der Waals surface area (Å²) >= 11 is 0. The summed E-state index contributed by atoms with van der Waals surface area (Å²) in [5, 5.41) is 0. The molecule has 0 N–H and O–H groups in total. The van der Waals surface area contributed by atoms with Crippen molar-refractivity contribution in [2.45, 2.75) is 25.4 Å². The Balaban J connectivity index is 1.79. The molecule has 0 spiro atoms.